The molecule has 9 heteroatoms. The molecule has 0 rings (SSSR count). The molecule has 4 nitrogen and oxygen atoms in total. The minimum atomic E-state index is -3.42. The first-order valence-electron chi connectivity index (χ1n) is 1.45. The topological polar surface area (TPSA) is 83.8 Å². The molecule has 0 spiro atoms. The van der Waals surface area contributed by atoms with Gasteiger partial charge in [0, 0.05) is 0 Å². The zero-order valence-electron chi connectivity index (χ0n) is 4.66. The van der Waals surface area contributed by atoms with Crippen LogP contribution in [-0.4, -0.2) is 29.9 Å². The van der Waals surface area contributed by atoms with E-state index < -0.39 is 14.8 Å². The van der Waals surface area contributed by atoms with Crippen LogP contribution in [0, 0.1) is 0 Å². The van der Waals surface area contributed by atoms with Gasteiger partial charge in [-0.1, -0.05) is 0 Å². The zero-order valence-corrected chi connectivity index (χ0v) is 6.66. The molecule has 0 aromatic heterocycles. The molecular formula is H3B2F2NaO4. The summed E-state index contributed by atoms with van der Waals surface area (Å²) in [6.45, 7) is 0. The molecule has 0 bridgehead atoms. The number of rotatable bonds is 0. The average Bonchev–Trinajstić information content (AvgIpc) is 1.25. The predicted molar refractivity (Wildman–Crippen MR) is 20.4 cm³/mol. The Morgan fingerprint density at radius 2 is 1.11 bits per heavy atom. The van der Waals surface area contributed by atoms with Crippen molar-refractivity contribution in [3.8, 4) is 0 Å². The van der Waals surface area contributed by atoms with Gasteiger partial charge in [-0.2, -0.15) is 0 Å². The number of hydrogen-bond acceptors (Lipinski definition) is 4. The Labute approximate surface area is 73.2 Å². The number of hydrogen-bond donors (Lipinski definition) is 3. The minimum Gasteiger partial charge on any atom is -0.824 e. The summed E-state index contributed by atoms with van der Waals surface area (Å²) < 4.78 is 19.6. The molecule has 0 amide bonds. The molecule has 0 saturated heterocycles. The monoisotopic (exact) mass is 150 g/mol. The summed E-state index contributed by atoms with van der Waals surface area (Å²) in [4.78, 5) is 0. The van der Waals surface area contributed by atoms with Gasteiger partial charge in [0.05, 0.1) is 0 Å². The van der Waals surface area contributed by atoms with E-state index in [-0.39, 0.29) is 29.6 Å². The second-order valence-electron chi connectivity index (χ2n) is 0.607. The summed E-state index contributed by atoms with van der Waals surface area (Å²) in [5, 5.41) is 29.7. The maximum Gasteiger partial charge on any atom is 1.00 e. The van der Waals surface area contributed by atoms with Crippen LogP contribution in [-0.2, 0) is 0 Å². The normalized spacial score (nSPS) is 6.00. The van der Waals surface area contributed by atoms with E-state index in [1.165, 1.54) is 0 Å². The van der Waals surface area contributed by atoms with Crippen molar-refractivity contribution >= 4 is 14.8 Å². The van der Waals surface area contributed by atoms with E-state index in [4.69, 9.17) is 20.1 Å². The van der Waals surface area contributed by atoms with Crippen molar-refractivity contribution in [2.45, 2.75) is 0 Å². The molecule has 0 aliphatic heterocycles. The summed E-state index contributed by atoms with van der Waals surface area (Å²) in [6.07, 6.45) is 0. The summed E-state index contributed by atoms with van der Waals surface area (Å²) in [7, 11) is -5.58. The smallest absolute Gasteiger partial charge is 0.824 e. The first-order valence-corrected chi connectivity index (χ1v) is 1.45. The second-order valence-corrected chi connectivity index (χ2v) is 0.607. The molecule has 0 saturated carbocycles. The van der Waals surface area contributed by atoms with Gasteiger partial charge in [-0.05, 0) is 0 Å². The average molecular weight is 150 g/mol. The second kappa shape index (κ2) is 11.6. The third-order valence-corrected chi connectivity index (χ3v) is 0. The van der Waals surface area contributed by atoms with Gasteiger partial charge in [-0.25, -0.2) is 0 Å². The predicted octanol–water partition coefficient (Wildman–Crippen LogP) is -5.78. The van der Waals surface area contributed by atoms with Gasteiger partial charge in [0.15, 0.2) is 0 Å². The van der Waals surface area contributed by atoms with Gasteiger partial charge in [-0.3, -0.25) is 0 Å². The molecule has 0 fully saturated rings. The van der Waals surface area contributed by atoms with Crippen molar-refractivity contribution in [2.75, 3.05) is 0 Å². The summed E-state index contributed by atoms with van der Waals surface area (Å²) >= 11 is 0. The molecule has 9 heavy (non-hydrogen) atoms. The minimum absolute atomic E-state index is 0. The zero-order chi connectivity index (χ0) is 7.15. The van der Waals surface area contributed by atoms with Crippen molar-refractivity contribution in [2.24, 2.45) is 0 Å². The van der Waals surface area contributed by atoms with Crippen molar-refractivity contribution in [1.82, 2.24) is 0 Å². The molecular weight excluding hydrogens is 147 g/mol. The summed E-state index contributed by atoms with van der Waals surface area (Å²) in [5.74, 6) is 0. The molecule has 0 aliphatic carbocycles. The van der Waals surface area contributed by atoms with E-state index in [0.29, 0.717) is 0 Å². The van der Waals surface area contributed by atoms with Crippen LogP contribution in [0.1, 0.15) is 0 Å². The standard InChI is InChI=1S/BF2O.BH3O3.Na/c2*2-1(3)4;/h;2-4H;/q-1;;+1. The van der Waals surface area contributed by atoms with E-state index in [2.05, 4.69) is 0 Å². The number of halogens is 2. The van der Waals surface area contributed by atoms with Crippen LogP contribution in [0.2, 0.25) is 0 Å². The molecule has 0 radical (unpaired) electrons. The summed E-state index contributed by atoms with van der Waals surface area (Å²) in [6, 6.07) is 0. The Hall–Kier alpha value is 0.830. The Morgan fingerprint density at radius 3 is 1.11 bits per heavy atom. The molecule has 0 aromatic rings. The fourth-order valence-electron chi connectivity index (χ4n) is 0. The molecule has 3 N–H and O–H groups in total. The van der Waals surface area contributed by atoms with Gasteiger partial charge in [0.2, 0.25) is 0 Å². The van der Waals surface area contributed by atoms with Gasteiger partial charge >= 0.3 is 44.3 Å². The van der Waals surface area contributed by atoms with Crippen LogP contribution >= 0.6 is 0 Å². The van der Waals surface area contributed by atoms with E-state index in [1.807, 2.05) is 0 Å². The molecule has 0 aromatic carbocycles. The third-order valence-electron chi connectivity index (χ3n) is 0. The fourth-order valence-corrected chi connectivity index (χ4v) is 0. The van der Waals surface area contributed by atoms with Crippen LogP contribution in [0.25, 0.3) is 0 Å². The van der Waals surface area contributed by atoms with Crippen LogP contribution in [0.4, 0.5) is 8.63 Å². The largest absolute Gasteiger partial charge is 1.00 e. The van der Waals surface area contributed by atoms with E-state index in [0.717, 1.165) is 0 Å². The van der Waals surface area contributed by atoms with Gasteiger partial charge in [0.25, 0.3) is 0 Å². The Morgan fingerprint density at radius 1 is 1.11 bits per heavy atom. The Balaban J connectivity index is -0.0000000720. The molecule has 0 unspecified atom stereocenters. The van der Waals surface area contributed by atoms with Crippen LogP contribution in [0.5, 0.6) is 0 Å². The third kappa shape index (κ3) is 598. The first-order chi connectivity index (χ1) is 3.46. The Bertz CT molecular complexity index is 32.0. The Kier molecular flexibility index (Phi) is 21.2. The van der Waals surface area contributed by atoms with E-state index in [9.17, 15) is 8.63 Å². The van der Waals surface area contributed by atoms with Gasteiger partial charge in [0.1, 0.15) is 0 Å². The van der Waals surface area contributed by atoms with Crippen LogP contribution in [0.15, 0.2) is 0 Å². The molecule has 0 aliphatic rings. The van der Waals surface area contributed by atoms with Crippen LogP contribution < -0.4 is 34.6 Å². The van der Waals surface area contributed by atoms with Crippen molar-refractivity contribution < 1.29 is 58.3 Å². The summed E-state index contributed by atoms with van der Waals surface area (Å²) in [5.41, 5.74) is 0. The van der Waals surface area contributed by atoms with E-state index >= 15 is 0 Å². The van der Waals surface area contributed by atoms with Gasteiger partial charge in [-0.15, -0.1) is 0 Å². The van der Waals surface area contributed by atoms with Crippen LogP contribution in [0.3, 0.4) is 0 Å². The maximum atomic E-state index is 9.78. The molecule has 48 valence electrons. The van der Waals surface area contributed by atoms with E-state index in [1.54, 1.807) is 0 Å². The molecule has 0 atom stereocenters. The first kappa shape index (κ1) is 16.4. The maximum absolute atomic E-state index is 9.78. The quantitative estimate of drug-likeness (QED) is 0.300. The SMILES string of the molecule is OB(O)O.[Na+].[O-]B(F)F. The van der Waals surface area contributed by atoms with Crippen molar-refractivity contribution in [3.63, 3.8) is 0 Å². The fraction of sp³-hybridized carbons (Fsp3) is 0. The molecule has 0 heterocycles. The van der Waals surface area contributed by atoms with Crippen molar-refractivity contribution in [1.29, 1.82) is 0 Å². The van der Waals surface area contributed by atoms with Crippen molar-refractivity contribution in [3.05, 3.63) is 0 Å². The van der Waals surface area contributed by atoms with Gasteiger partial charge < -0.3 is 28.7 Å².